The Morgan fingerprint density at radius 3 is 2.64 bits per heavy atom. The number of rotatable bonds is 4. The number of β-amino-alcohol motifs (C(OH)–C–C–N with tert-alkyl or cyclic N) is 1. The first-order valence-electron chi connectivity index (χ1n) is 8.68. The second kappa shape index (κ2) is 7.85. The molecule has 1 atom stereocenters. The lowest BCUT2D eigenvalue weighted by atomic mass is 10.1. The summed E-state index contributed by atoms with van der Waals surface area (Å²) in [5.41, 5.74) is 1.92. The van der Waals surface area contributed by atoms with Gasteiger partial charge in [0.05, 0.1) is 12.5 Å². The number of benzene rings is 1. The molecule has 0 bridgehead atoms. The Hall–Kier alpha value is -1.44. The van der Waals surface area contributed by atoms with Gasteiger partial charge in [-0.15, -0.1) is 0 Å². The zero-order valence-corrected chi connectivity index (χ0v) is 16.0. The van der Waals surface area contributed by atoms with Gasteiger partial charge in [0.1, 0.15) is 0 Å². The minimum absolute atomic E-state index is 0.0130. The fourth-order valence-electron chi connectivity index (χ4n) is 3.51. The van der Waals surface area contributed by atoms with E-state index in [1.807, 2.05) is 30.0 Å². The Balaban J connectivity index is 1.62. The molecule has 2 fully saturated rings. The smallest absolute Gasteiger partial charge is 0.228 e. The molecule has 1 aromatic rings. The quantitative estimate of drug-likeness (QED) is 0.812. The van der Waals surface area contributed by atoms with Crippen molar-refractivity contribution in [2.75, 3.05) is 50.8 Å². The molecule has 0 spiro atoms. The van der Waals surface area contributed by atoms with E-state index in [1.54, 1.807) is 4.90 Å². The molecule has 1 unspecified atom stereocenters. The molecule has 0 radical (unpaired) electrons. The SMILES string of the molecule is Cc1cc(N2CC(C(=O)N3CCN(CCO)CC3)CC2=O)ccc1Br. The first kappa shape index (κ1) is 18.4. The van der Waals surface area contributed by atoms with Gasteiger partial charge in [-0.2, -0.15) is 0 Å². The van der Waals surface area contributed by atoms with Crippen molar-refractivity contribution in [1.29, 1.82) is 0 Å². The third-order valence-electron chi connectivity index (χ3n) is 5.03. The molecule has 0 aliphatic carbocycles. The van der Waals surface area contributed by atoms with Crippen LogP contribution < -0.4 is 4.90 Å². The lowest BCUT2D eigenvalue weighted by Gasteiger charge is -2.35. The van der Waals surface area contributed by atoms with E-state index in [2.05, 4.69) is 20.8 Å². The summed E-state index contributed by atoms with van der Waals surface area (Å²) in [5.74, 6) is -0.173. The molecule has 7 heteroatoms. The Morgan fingerprint density at radius 1 is 1.28 bits per heavy atom. The summed E-state index contributed by atoms with van der Waals surface area (Å²) in [4.78, 5) is 30.9. The van der Waals surface area contributed by atoms with E-state index < -0.39 is 0 Å². The summed E-state index contributed by atoms with van der Waals surface area (Å²) in [6.45, 7) is 6.14. The fraction of sp³-hybridized carbons (Fsp3) is 0.556. The summed E-state index contributed by atoms with van der Waals surface area (Å²) in [6.07, 6.45) is 0.283. The van der Waals surface area contributed by atoms with Crippen molar-refractivity contribution < 1.29 is 14.7 Å². The monoisotopic (exact) mass is 409 g/mol. The van der Waals surface area contributed by atoms with Crippen LogP contribution in [0.5, 0.6) is 0 Å². The van der Waals surface area contributed by atoms with Crippen molar-refractivity contribution in [2.45, 2.75) is 13.3 Å². The molecule has 1 aromatic carbocycles. The van der Waals surface area contributed by atoms with Gasteiger partial charge >= 0.3 is 0 Å². The topological polar surface area (TPSA) is 64.1 Å². The number of aliphatic hydroxyl groups is 1. The first-order valence-corrected chi connectivity index (χ1v) is 9.47. The Labute approximate surface area is 156 Å². The zero-order chi connectivity index (χ0) is 18.0. The Kier molecular flexibility index (Phi) is 5.76. The molecule has 25 heavy (non-hydrogen) atoms. The number of piperazine rings is 1. The predicted molar refractivity (Wildman–Crippen MR) is 99.4 cm³/mol. The number of hydrogen-bond donors (Lipinski definition) is 1. The molecule has 2 saturated heterocycles. The molecule has 1 N–H and O–H groups in total. The zero-order valence-electron chi connectivity index (χ0n) is 14.4. The van der Waals surface area contributed by atoms with Crippen molar-refractivity contribution in [1.82, 2.24) is 9.80 Å². The molecule has 2 heterocycles. The third kappa shape index (κ3) is 4.04. The average molecular weight is 410 g/mol. The van der Waals surface area contributed by atoms with Gasteiger partial charge in [-0.05, 0) is 30.7 Å². The van der Waals surface area contributed by atoms with Crippen LogP contribution in [-0.4, -0.2) is 72.6 Å². The summed E-state index contributed by atoms with van der Waals surface area (Å²) in [7, 11) is 0. The van der Waals surface area contributed by atoms with Gasteiger partial charge in [0.15, 0.2) is 0 Å². The van der Waals surface area contributed by atoms with Gasteiger partial charge in [-0.3, -0.25) is 14.5 Å². The largest absolute Gasteiger partial charge is 0.395 e. The van der Waals surface area contributed by atoms with Crippen LogP contribution in [0, 0.1) is 12.8 Å². The minimum Gasteiger partial charge on any atom is -0.395 e. The second-order valence-electron chi connectivity index (χ2n) is 6.73. The van der Waals surface area contributed by atoms with Crippen LogP contribution in [0.25, 0.3) is 0 Å². The lowest BCUT2D eigenvalue weighted by Crippen LogP contribution is -2.51. The van der Waals surface area contributed by atoms with Gasteiger partial charge in [0.25, 0.3) is 0 Å². The lowest BCUT2D eigenvalue weighted by molar-refractivity contribution is -0.137. The van der Waals surface area contributed by atoms with E-state index in [0.717, 1.165) is 28.8 Å². The standard InChI is InChI=1S/C18H24BrN3O3/c1-13-10-15(2-3-16(13)19)22-12-14(11-17(22)24)18(25)21-6-4-20(5-7-21)8-9-23/h2-3,10,14,23H,4-9,11-12H2,1H3. The van der Waals surface area contributed by atoms with Crippen molar-refractivity contribution in [2.24, 2.45) is 5.92 Å². The van der Waals surface area contributed by atoms with Crippen molar-refractivity contribution >= 4 is 33.4 Å². The summed E-state index contributed by atoms with van der Waals surface area (Å²) < 4.78 is 1.01. The minimum atomic E-state index is -0.263. The van der Waals surface area contributed by atoms with E-state index in [9.17, 15) is 9.59 Å². The second-order valence-corrected chi connectivity index (χ2v) is 7.58. The maximum Gasteiger partial charge on any atom is 0.228 e. The Morgan fingerprint density at radius 2 is 2.00 bits per heavy atom. The van der Waals surface area contributed by atoms with Gasteiger partial charge in [0, 0.05) is 55.8 Å². The van der Waals surface area contributed by atoms with Crippen LogP contribution in [0.15, 0.2) is 22.7 Å². The molecule has 2 amide bonds. The number of hydrogen-bond acceptors (Lipinski definition) is 4. The number of amides is 2. The molecule has 0 aromatic heterocycles. The highest BCUT2D eigenvalue weighted by molar-refractivity contribution is 9.10. The summed E-state index contributed by atoms with van der Waals surface area (Å²) >= 11 is 3.47. The third-order valence-corrected chi connectivity index (χ3v) is 5.92. The number of carbonyl (C=O) groups excluding carboxylic acids is 2. The van der Waals surface area contributed by atoms with E-state index >= 15 is 0 Å². The maximum atomic E-state index is 12.8. The van der Waals surface area contributed by atoms with E-state index in [0.29, 0.717) is 26.2 Å². The van der Waals surface area contributed by atoms with Gasteiger partial charge < -0.3 is 14.9 Å². The van der Waals surface area contributed by atoms with Gasteiger partial charge in [-0.25, -0.2) is 0 Å². The molecule has 2 aliphatic heterocycles. The number of nitrogens with zero attached hydrogens (tertiary/aromatic N) is 3. The summed E-state index contributed by atoms with van der Waals surface area (Å²) in [6, 6.07) is 5.82. The van der Waals surface area contributed by atoms with Crippen LogP contribution in [0.2, 0.25) is 0 Å². The highest BCUT2D eigenvalue weighted by Gasteiger charge is 2.37. The molecular weight excluding hydrogens is 386 g/mol. The highest BCUT2D eigenvalue weighted by atomic mass is 79.9. The van der Waals surface area contributed by atoms with E-state index in [4.69, 9.17) is 5.11 Å². The van der Waals surface area contributed by atoms with Crippen molar-refractivity contribution in [3.63, 3.8) is 0 Å². The van der Waals surface area contributed by atoms with Crippen LogP contribution >= 0.6 is 15.9 Å². The van der Waals surface area contributed by atoms with E-state index in [1.165, 1.54) is 0 Å². The molecule has 136 valence electrons. The Bertz CT molecular complexity index is 659. The highest BCUT2D eigenvalue weighted by Crippen LogP contribution is 2.29. The number of halogens is 1. The average Bonchev–Trinajstić information content (AvgIpc) is 2.99. The first-order chi connectivity index (χ1) is 12.0. The molecule has 0 saturated carbocycles. The van der Waals surface area contributed by atoms with Crippen LogP contribution in [0.4, 0.5) is 5.69 Å². The van der Waals surface area contributed by atoms with Crippen molar-refractivity contribution in [3.05, 3.63) is 28.2 Å². The number of anilines is 1. The van der Waals surface area contributed by atoms with Crippen LogP contribution in [0.3, 0.4) is 0 Å². The van der Waals surface area contributed by atoms with E-state index in [-0.39, 0.29) is 30.8 Å². The van der Waals surface area contributed by atoms with Crippen molar-refractivity contribution in [3.8, 4) is 0 Å². The number of aryl methyl sites for hydroxylation is 1. The molecule has 6 nitrogen and oxygen atoms in total. The van der Waals surface area contributed by atoms with Crippen LogP contribution in [-0.2, 0) is 9.59 Å². The molecule has 2 aliphatic rings. The fourth-order valence-corrected chi connectivity index (χ4v) is 3.76. The maximum absolute atomic E-state index is 12.8. The van der Waals surface area contributed by atoms with Crippen LogP contribution in [0.1, 0.15) is 12.0 Å². The predicted octanol–water partition coefficient (Wildman–Crippen LogP) is 1.25. The summed E-state index contributed by atoms with van der Waals surface area (Å²) in [5, 5.41) is 9.00. The van der Waals surface area contributed by atoms with Gasteiger partial charge in [0.2, 0.25) is 11.8 Å². The normalized spacial score (nSPS) is 21.9. The number of aliphatic hydroxyl groups excluding tert-OH is 1. The number of carbonyl (C=O) groups is 2. The van der Waals surface area contributed by atoms with Gasteiger partial charge in [-0.1, -0.05) is 15.9 Å². The molecule has 3 rings (SSSR count). The molecular formula is C18H24BrN3O3.